The summed E-state index contributed by atoms with van der Waals surface area (Å²) in [6.45, 7) is 1.25. The van der Waals surface area contributed by atoms with Crippen molar-refractivity contribution < 1.29 is 18.3 Å². The van der Waals surface area contributed by atoms with Crippen molar-refractivity contribution in [1.82, 2.24) is 0 Å². The number of allylic oxidation sites excluding steroid dienone is 3. The lowest BCUT2D eigenvalue weighted by Crippen LogP contribution is -2.10. The Labute approximate surface area is 69.2 Å². The summed E-state index contributed by atoms with van der Waals surface area (Å²) in [5.74, 6) is 0. The molecule has 0 aliphatic rings. The lowest BCUT2D eigenvalue weighted by atomic mass is 10.2. The molecule has 0 aliphatic heterocycles. The van der Waals surface area contributed by atoms with Crippen LogP contribution in [0.4, 0.5) is 13.2 Å². The SMILES string of the molecule is CC=CC(=CCCO)C(F)(F)F. The van der Waals surface area contributed by atoms with E-state index in [-0.39, 0.29) is 13.0 Å². The second-order valence-electron chi connectivity index (χ2n) is 2.17. The molecule has 0 spiro atoms. The molecular formula is C8H11F3O. The summed E-state index contributed by atoms with van der Waals surface area (Å²) in [6.07, 6.45) is -1.02. The van der Waals surface area contributed by atoms with Crippen LogP contribution in [0.2, 0.25) is 0 Å². The van der Waals surface area contributed by atoms with E-state index in [4.69, 9.17) is 5.11 Å². The van der Waals surface area contributed by atoms with Crippen LogP contribution in [0.3, 0.4) is 0 Å². The van der Waals surface area contributed by atoms with E-state index in [1.54, 1.807) is 0 Å². The molecule has 0 atom stereocenters. The Morgan fingerprint density at radius 1 is 1.42 bits per heavy atom. The molecule has 0 aliphatic carbocycles. The molecule has 0 aromatic rings. The van der Waals surface area contributed by atoms with Crippen molar-refractivity contribution in [2.24, 2.45) is 0 Å². The fraction of sp³-hybridized carbons (Fsp3) is 0.500. The van der Waals surface area contributed by atoms with Crippen molar-refractivity contribution in [3.05, 3.63) is 23.8 Å². The van der Waals surface area contributed by atoms with Gasteiger partial charge < -0.3 is 5.11 Å². The number of rotatable bonds is 3. The van der Waals surface area contributed by atoms with Crippen molar-refractivity contribution in [3.63, 3.8) is 0 Å². The average Bonchev–Trinajstić information content (AvgIpc) is 1.95. The van der Waals surface area contributed by atoms with Crippen molar-refractivity contribution in [2.45, 2.75) is 19.5 Å². The monoisotopic (exact) mass is 180 g/mol. The van der Waals surface area contributed by atoms with E-state index in [0.717, 1.165) is 12.2 Å². The number of aliphatic hydroxyl groups is 1. The van der Waals surface area contributed by atoms with Gasteiger partial charge in [0.25, 0.3) is 0 Å². The summed E-state index contributed by atoms with van der Waals surface area (Å²) >= 11 is 0. The highest BCUT2D eigenvalue weighted by atomic mass is 19.4. The van der Waals surface area contributed by atoms with Gasteiger partial charge in [-0.15, -0.1) is 0 Å². The molecule has 0 rings (SSSR count). The summed E-state index contributed by atoms with van der Waals surface area (Å²) in [7, 11) is 0. The number of alkyl halides is 3. The van der Waals surface area contributed by atoms with Crippen LogP contribution >= 0.6 is 0 Å². The van der Waals surface area contributed by atoms with Gasteiger partial charge in [0.05, 0.1) is 5.57 Å². The molecule has 1 nitrogen and oxygen atoms in total. The number of hydrogen-bond acceptors (Lipinski definition) is 1. The molecule has 70 valence electrons. The fourth-order valence-corrected chi connectivity index (χ4v) is 0.678. The van der Waals surface area contributed by atoms with Crippen LogP contribution in [0, 0.1) is 0 Å². The standard InChI is InChI=1S/C8H11F3O/c1-2-4-7(5-3-6-12)8(9,10)11/h2,4-5,12H,3,6H2,1H3. The van der Waals surface area contributed by atoms with Gasteiger partial charge in [-0.3, -0.25) is 0 Å². The maximum absolute atomic E-state index is 12.0. The minimum absolute atomic E-state index is 0.0270. The molecule has 0 saturated heterocycles. The molecule has 0 heterocycles. The third kappa shape index (κ3) is 4.18. The Morgan fingerprint density at radius 3 is 2.33 bits per heavy atom. The molecule has 12 heavy (non-hydrogen) atoms. The molecule has 0 aromatic carbocycles. The molecule has 0 bridgehead atoms. The number of halogens is 3. The quantitative estimate of drug-likeness (QED) is 0.661. The van der Waals surface area contributed by atoms with Gasteiger partial charge >= 0.3 is 6.18 Å². The highest BCUT2D eigenvalue weighted by Crippen LogP contribution is 2.26. The Kier molecular flexibility index (Phi) is 4.66. The smallest absolute Gasteiger partial charge is 0.396 e. The van der Waals surface area contributed by atoms with Crippen LogP contribution < -0.4 is 0 Å². The lowest BCUT2D eigenvalue weighted by Gasteiger charge is -2.06. The molecule has 1 N–H and O–H groups in total. The summed E-state index contributed by atoms with van der Waals surface area (Å²) < 4.78 is 36.1. The first-order valence-electron chi connectivity index (χ1n) is 3.53. The van der Waals surface area contributed by atoms with Crippen LogP contribution in [-0.4, -0.2) is 17.9 Å². The zero-order valence-corrected chi connectivity index (χ0v) is 6.73. The zero-order valence-electron chi connectivity index (χ0n) is 6.73. The van der Waals surface area contributed by atoms with Gasteiger partial charge in [0.15, 0.2) is 0 Å². The highest BCUT2D eigenvalue weighted by Gasteiger charge is 2.30. The van der Waals surface area contributed by atoms with Gasteiger partial charge in [-0.05, 0) is 13.3 Å². The molecule has 0 amide bonds. The minimum Gasteiger partial charge on any atom is -0.396 e. The maximum atomic E-state index is 12.0. The Balaban J connectivity index is 4.44. The van der Waals surface area contributed by atoms with E-state index >= 15 is 0 Å². The van der Waals surface area contributed by atoms with Crippen molar-refractivity contribution in [3.8, 4) is 0 Å². The van der Waals surface area contributed by atoms with E-state index in [0.29, 0.717) is 0 Å². The van der Waals surface area contributed by atoms with Crippen molar-refractivity contribution in [2.75, 3.05) is 6.61 Å². The van der Waals surface area contributed by atoms with Gasteiger partial charge in [0.1, 0.15) is 0 Å². The van der Waals surface area contributed by atoms with Crippen LogP contribution in [0.5, 0.6) is 0 Å². The van der Waals surface area contributed by atoms with Gasteiger partial charge in [0.2, 0.25) is 0 Å². The van der Waals surface area contributed by atoms with E-state index < -0.39 is 11.7 Å². The Hall–Kier alpha value is -0.770. The maximum Gasteiger partial charge on any atom is 0.416 e. The van der Waals surface area contributed by atoms with Crippen LogP contribution in [-0.2, 0) is 0 Å². The van der Waals surface area contributed by atoms with Gasteiger partial charge in [-0.25, -0.2) is 0 Å². The minimum atomic E-state index is -4.32. The average molecular weight is 180 g/mol. The van der Waals surface area contributed by atoms with Gasteiger partial charge in [-0.2, -0.15) is 13.2 Å². The third-order valence-corrected chi connectivity index (χ3v) is 1.17. The summed E-state index contributed by atoms with van der Waals surface area (Å²) in [4.78, 5) is 0. The van der Waals surface area contributed by atoms with Gasteiger partial charge in [-0.1, -0.05) is 18.2 Å². The first-order chi connectivity index (χ1) is 5.52. The van der Waals surface area contributed by atoms with Crippen LogP contribution in [0.1, 0.15) is 13.3 Å². The zero-order chi connectivity index (χ0) is 9.61. The van der Waals surface area contributed by atoms with Crippen LogP contribution in [0.15, 0.2) is 23.8 Å². The predicted molar refractivity (Wildman–Crippen MR) is 40.7 cm³/mol. The molecule has 0 saturated carbocycles. The molecule has 0 fully saturated rings. The molecular weight excluding hydrogens is 169 g/mol. The molecule has 4 heteroatoms. The first kappa shape index (κ1) is 11.2. The largest absolute Gasteiger partial charge is 0.416 e. The number of hydrogen-bond donors (Lipinski definition) is 1. The summed E-state index contributed by atoms with van der Waals surface area (Å²) in [6, 6.07) is 0. The summed E-state index contributed by atoms with van der Waals surface area (Å²) in [5, 5.41) is 8.31. The van der Waals surface area contributed by atoms with E-state index in [9.17, 15) is 13.2 Å². The van der Waals surface area contributed by atoms with Crippen LogP contribution in [0.25, 0.3) is 0 Å². The fourth-order valence-electron chi connectivity index (χ4n) is 0.678. The van der Waals surface area contributed by atoms with E-state index in [2.05, 4.69) is 0 Å². The topological polar surface area (TPSA) is 20.2 Å². The second kappa shape index (κ2) is 4.98. The third-order valence-electron chi connectivity index (χ3n) is 1.17. The number of aliphatic hydroxyl groups excluding tert-OH is 1. The second-order valence-corrected chi connectivity index (χ2v) is 2.17. The normalized spacial score (nSPS) is 14.2. The van der Waals surface area contributed by atoms with E-state index in [1.807, 2.05) is 0 Å². The van der Waals surface area contributed by atoms with E-state index in [1.165, 1.54) is 13.0 Å². The van der Waals surface area contributed by atoms with Gasteiger partial charge in [0, 0.05) is 6.61 Å². The molecule has 0 unspecified atom stereocenters. The Morgan fingerprint density at radius 2 is 2.00 bits per heavy atom. The van der Waals surface area contributed by atoms with Crippen molar-refractivity contribution in [1.29, 1.82) is 0 Å². The predicted octanol–water partition coefficient (Wildman–Crippen LogP) is 2.43. The molecule has 0 aromatic heterocycles. The highest BCUT2D eigenvalue weighted by molar-refractivity contribution is 5.23. The Bertz CT molecular complexity index is 179. The first-order valence-corrected chi connectivity index (χ1v) is 3.53. The lowest BCUT2D eigenvalue weighted by molar-refractivity contribution is -0.0884. The molecule has 0 radical (unpaired) electrons. The summed E-state index contributed by atoms with van der Waals surface area (Å²) in [5.41, 5.74) is -0.709. The van der Waals surface area contributed by atoms with Crippen molar-refractivity contribution >= 4 is 0 Å².